The third-order valence-corrected chi connectivity index (χ3v) is 5.44. The van der Waals surface area contributed by atoms with Gasteiger partial charge in [-0.3, -0.25) is 9.69 Å². The average molecular weight is 319 g/mol. The first-order chi connectivity index (χ1) is 10.8. The van der Waals surface area contributed by atoms with Gasteiger partial charge in [0.2, 0.25) is 0 Å². The summed E-state index contributed by atoms with van der Waals surface area (Å²) in [6, 6.07) is 2.72. The molecule has 22 heavy (non-hydrogen) atoms. The van der Waals surface area contributed by atoms with Gasteiger partial charge in [-0.25, -0.2) is 0 Å². The summed E-state index contributed by atoms with van der Waals surface area (Å²) in [5, 5.41) is 4.22. The van der Waals surface area contributed by atoms with Gasteiger partial charge in [0, 0.05) is 50.0 Å². The molecule has 1 saturated heterocycles. The quantitative estimate of drug-likeness (QED) is 0.918. The Hall–Kier alpha value is -1.37. The molecule has 118 valence electrons. The second kappa shape index (κ2) is 6.02. The van der Waals surface area contributed by atoms with Crippen molar-refractivity contribution in [1.29, 1.82) is 0 Å². The van der Waals surface area contributed by atoms with Crippen LogP contribution < -0.4 is 5.32 Å². The van der Waals surface area contributed by atoms with Gasteiger partial charge >= 0.3 is 0 Å². The zero-order valence-electron chi connectivity index (χ0n) is 12.6. The molecule has 0 atom stereocenters. The molecule has 1 amide bonds. The predicted octanol–water partition coefficient (Wildman–Crippen LogP) is 2.10. The van der Waals surface area contributed by atoms with Crippen LogP contribution in [0.3, 0.4) is 0 Å². The summed E-state index contributed by atoms with van der Waals surface area (Å²) in [4.78, 5) is 15.4. The highest BCUT2D eigenvalue weighted by atomic mass is 32.1. The van der Waals surface area contributed by atoms with Crippen molar-refractivity contribution in [2.75, 3.05) is 39.4 Å². The molecule has 2 aromatic heterocycles. The first-order valence-electron chi connectivity index (χ1n) is 7.99. The molecule has 0 aromatic carbocycles. The number of morpholine rings is 1. The van der Waals surface area contributed by atoms with Crippen LogP contribution >= 0.6 is 11.3 Å². The first kappa shape index (κ1) is 14.2. The van der Waals surface area contributed by atoms with Gasteiger partial charge in [-0.05, 0) is 18.9 Å². The monoisotopic (exact) mass is 319 g/mol. The summed E-state index contributed by atoms with van der Waals surface area (Å²) in [5.74, 6) is 0.0485. The predicted molar refractivity (Wildman–Crippen MR) is 87.7 cm³/mol. The number of thiophene rings is 1. The first-order valence-corrected chi connectivity index (χ1v) is 8.80. The van der Waals surface area contributed by atoms with Crippen molar-refractivity contribution in [2.45, 2.75) is 18.9 Å². The van der Waals surface area contributed by atoms with Gasteiger partial charge in [0.05, 0.1) is 22.8 Å². The van der Waals surface area contributed by atoms with Crippen LogP contribution in [-0.4, -0.2) is 54.8 Å². The van der Waals surface area contributed by atoms with E-state index in [1.165, 1.54) is 22.9 Å². The van der Waals surface area contributed by atoms with Crippen LogP contribution in [0.15, 0.2) is 18.5 Å². The number of hydrogen-bond acceptors (Lipinski definition) is 4. The van der Waals surface area contributed by atoms with Gasteiger partial charge < -0.3 is 14.6 Å². The molecule has 6 heteroatoms. The number of ether oxygens (including phenoxy) is 1. The minimum atomic E-state index is 0.0485. The second-order valence-electron chi connectivity index (χ2n) is 6.08. The van der Waals surface area contributed by atoms with Gasteiger partial charge in [0.15, 0.2) is 0 Å². The third kappa shape index (κ3) is 3.04. The summed E-state index contributed by atoms with van der Waals surface area (Å²) in [7, 11) is 0. The van der Waals surface area contributed by atoms with E-state index in [-0.39, 0.29) is 5.91 Å². The highest BCUT2D eigenvalue weighted by Gasteiger charge is 2.24. The third-order valence-electron chi connectivity index (χ3n) is 4.36. The van der Waals surface area contributed by atoms with E-state index in [0.717, 1.165) is 37.7 Å². The van der Waals surface area contributed by atoms with Gasteiger partial charge in [0.1, 0.15) is 0 Å². The largest absolute Gasteiger partial charge is 0.379 e. The van der Waals surface area contributed by atoms with Crippen LogP contribution in [0.5, 0.6) is 0 Å². The molecular formula is C16H21N3O2S. The maximum Gasteiger partial charge on any atom is 0.261 e. The number of carbonyl (C=O) groups is 1. The van der Waals surface area contributed by atoms with E-state index < -0.39 is 0 Å². The summed E-state index contributed by atoms with van der Waals surface area (Å²) < 4.78 is 8.83. The van der Waals surface area contributed by atoms with Crippen molar-refractivity contribution in [2.24, 2.45) is 0 Å². The number of nitrogens with zero attached hydrogens (tertiary/aromatic N) is 2. The van der Waals surface area contributed by atoms with E-state index in [2.05, 4.69) is 27.2 Å². The van der Waals surface area contributed by atoms with Crippen molar-refractivity contribution in [3.63, 3.8) is 0 Å². The molecule has 1 aliphatic heterocycles. The average Bonchev–Trinajstić information content (AvgIpc) is 3.18. The summed E-state index contributed by atoms with van der Waals surface area (Å²) in [6.45, 7) is 5.12. The van der Waals surface area contributed by atoms with E-state index in [9.17, 15) is 4.79 Å². The summed E-state index contributed by atoms with van der Waals surface area (Å²) in [5.41, 5.74) is 0. The van der Waals surface area contributed by atoms with E-state index in [0.29, 0.717) is 12.6 Å². The van der Waals surface area contributed by atoms with Crippen molar-refractivity contribution in [3.8, 4) is 0 Å². The van der Waals surface area contributed by atoms with Crippen LogP contribution in [0.2, 0.25) is 0 Å². The van der Waals surface area contributed by atoms with Crippen LogP contribution in [0.4, 0.5) is 0 Å². The number of nitrogens with one attached hydrogen (secondary N) is 1. The van der Waals surface area contributed by atoms with E-state index in [1.54, 1.807) is 11.3 Å². The van der Waals surface area contributed by atoms with E-state index in [1.807, 2.05) is 6.07 Å². The number of fused-ring (bicyclic) bond motifs is 1. The lowest BCUT2D eigenvalue weighted by molar-refractivity contribution is 0.0383. The minimum Gasteiger partial charge on any atom is -0.379 e. The Bertz CT molecular complexity index is 637. The molecule has 3 heterocycles. The minimum absolute atomic E-state index is 0.0485. The zero-order chi connectivity index (χ0) is 14.9. The molecule has 2 fully saturated rings. The maximum absolute atomic E-state index is 12.2. The van der Waals surface area contributed by atoms with Crippen LogP contribution in [0.25, 0.3) is 10.1 Å². The number of amides is 1. The molecule has 0 unspecified atom stereocenters. The molecular weight excluding hydrogens is 298 g/mol. The molecule has 0 bridgehead atoms. The molecule has 5 nitrogen and oxygen atoms in total. The summed E-state index contributed by atoms with van der Waals surface area (Å²) in [6.07, 6.45) is 6.93. The van der Waals surface area contributed by atoms with E-state index in [4.69, 9.17) is 4.74 Å². The molecule has 0 radical (unpaired) electrons. The zero-order valence-corrected chi connectivity index (χ0v) is 13.4. The number of hydrogen-bond donors (Lipinski definition) is 1. The lowest BCUT2D eigenvalue weighted by Gasteiger charge is -2.26. The van der Waals surface area contributed by atoms with Gasteiger partial charge in [-0.15, -0.1) is 11.3 Å². The Morgan fingerprint density at radius 1 is 1.32 bits per heavy atom. The van der Waals surface area contributed by atoms with Gasteiger partial charge in [0.25, 0.3) is 5.91 Å². The molecule has 1 aliphatic carbocycles. The Morgan fingerprint density at radius 3 is 2.86 bits per heavy atom. The molecule has 2 aromatic rings. The molecule has 0 spiro atoms. The second-order valence-corrected chi connectivity index (χ2v) is 7.16. The fourth-order valence-electron chi connectivity index (χ4n) is 2.89. The summed E-state index contributed by atoms with van der Waals surface area (Å²) >= 11 is 1.59. The fourth-order valence-corrected chi connectivity index (χ4v) is 3.88. The maximum atomic E-state index is 12.2. The van der Waals surface area contributed by atoms with Crippen molar-refractivity contribution in [1.82, 2.24) is 14.8 Å². The number of rotatable bonds is 5. The lowest BCUT2D eigenvalue weighted by atomic mass is 10.3. The molecule has 1 N–H and O–H groups in total. The molecule has 1 saturated carbocycles. The van der Waals surface area contributed by atoms with E-state index >= 15 is 0 Å². The standard InChI is InChI=1S/C16H21N3O2S/c20-16(17-3-4-18-5-7-21-8-6-18)14-9-12-10-19(13-1-2-13)11-15(12)22-14/h9-11,13H,1-8H2,(H,17,20). The van der Waals surface area contributed by atoms with Crippen molar-refractivity contribution >= 4 is 27.3 Å². The normalized spacial score (nSPS) is 19.6. The highest BCUT2D eigenvalue weighted by Crippen LogP contribution is 2.38. The van der Waals surface area contributed by atoms with Crippen LogP contribution in [0, 0.1) is 0 Å². The smallest absolute Gasteiger partial charge is 0.261 e. The SMILES string of the molecule is O=C(NCCN1CCOCC1)c1cc2cn(C3CC3)cc2s1. The van der Waals surface area contributed by atoms with Gasteiger partial charge in [-0.1, -0.05) is 0 Å². The Labute approximate surface area is 133 Å². The topological polar surface area (TPSA) is 46.5 Å². The molecule has 4 rings (SSSR count). The number of carbonyl (C=O) groups excluding carboxylic acids is 1. The van der Waals surface area contributed by atoms with Gasteiger partial charge in [-0.2, -0.15) is 0 Å². The molecule has 2 aliphatic rings. The Kier molecular flexibility index (Phi) is 3.90. The number of aromatic nitrogens is 1. The highest BCUT2D eigenvalue weighted by molar-refractivity contribution is 7.20. The lowest BCUT2D eigenvalue weighted by Crippen LogP contribution is -2.41. The Morgan fingerprint density at radius 2 is 2.14 bits per heavy atom. The van der Waals surface area contributed by atoms with Crippen LogP contribution in [0.1, 0.15) is 28.6 Å². The van der Waals surface area contributed by atoms with Crippen molar-refractivity contribution in [3.05, 3.63) is 23.3 Å². The fraction of sp³-hybridized carbons (Fsp3) is 0.562. The van der Waals surface area contributed by atoms with Crippen molar-refractivity contribution < 1.29 is 9.53 Å². The van der Waals surface area contributed by atoms with Crippen LogP contribution in [-0.2, 0) is 4.74 Å². The Balaban J connectivity index is 1.32.